The second kappa shape index (κ2) is 8.52. The maximum Gasteiger partial charge on any atom is 0.143 e. The molecular formula is C25H25N7O. The molecule has 33 heavy (non-hydrogen) atoms. The van der Waals surface area contributed by atoms with Crippen molar-refractivity contribution in [1.82, 2.24) is 14.9 Å². The van der Waals surface area contributed by atoms with Crippen molar-refractivity contribution in [2.75, 3.05) is 38.2 Å². The second-order valence-corrected chi connectivity index (χ2v) is 8.53. The van der Waals surface area contributed by atoms with E-state index < -0.39 is 0 Å². The number of piperazine rings is 1. The number of hydrogen-bond donors (Lipinski definition) is 1. The van der Waals surface area contributed by atoms with Gasteiger partial charge in [0.2, 0.25) is 0 Å². The first-order valence-electron chi connectivity index (χ1n) is 10.9. The summed E-state index contributed by atoms with van der Waals surface area (Å²) in [6, 6.07) is 12.6. The van der Waals surface area contributed by atoms with E-state index in [-0.39, 0.29) is 0 Å². The van der Waals surface area contributed by atoms with Gasteiger partial charge in [-0.05, 0) is 43.8 Å². The van der Waals surface area contributed by atoms with Crippen LogP contribution in [0.4, 0.5) is 5.69 Å². The van der Waals surface area contributed by atoms with Crippen molar-refractivity contribution in [2.24, 2.45) is 10.9 Å². The molecule has 1 aromatic heterocycles. The van der Waals surface area contributed by atoms with E-state index in [0.717, 1.165) is 58.9 Å². The van der Waals surface area contributed by atoms with E-state index in [2.05, 4.69) is 44.1 Å². The minimum absolute atomic E-state index is 0.362. The predicted octanol–water partition coefficient (Wildman–Crippen LogP) is 2.55. The zero-order chi connectivity index (χ0) is 22.9. The standard InChI is InChI=1S/C25H25N7O/c1-16-7-18(10-26)22(19-11-28-15-29-12-19)9-21(16)25(30-27)17-3-4-23-24(8-17)33-14-20-13-31(2)5-6-32(20)23/h3-4,7-9,11-12,15,20H,5-6,13-14,27H2,1-2H3/b30-25-. The highest BCUT2D eigenvalue weighted by Gasteiger charge is 2.32. The van der Waals surface area contributed by atoms with Crippen LogP contribution in [0.3, 0.4) is 0 Å². The zero-order valence-electron chi connectivity index (χ0n) is 18.7. The predicted molar refractivity (Wildman–Crippen MR) is 127 cm³/mol. The molecule has 0 bridgehead atoms. The number of ether oxygens (including phenoxy) is 1. The number of likely N-dealkylation sites (N-methyl/N-ethyl adjacent to an activating group) is 1. The van der Waals surface area contributed by atoms with Crippen LogP contribution in [-0.4, -0.2) is 59.9 Å². The third kappa shape index (κ3) is 3.77. The van der Waals surface area contributed by atoms with Crippen molar-refractivity contribution in [2.45, 2.75) is 13.0 Å². The SMILES string of the molecule is Cc1cc(C#N)c(-c2cncnc2)cc1/C(=N\N)c1ccc2c(c1)OCC1CN(C)CCN21. The molecule has 0 spiro atoms. The molecule has 0 saturated carbocycles. The van der Waals surface area contributed by atoms with E-state index in [9.17, 15) is 5.26 Å². The van der Waals surface area contributed by atoms with Crippen molar-refractivity contribution in [3.63, 3.8) is 0 Å². The van der Waals surface area contributed by atoms with Gasteiger partial charge in [-0.3, -0.25) is 0 Å². The molecule has 2 aliphatic heterocycles. The maximum absolute atomic E-state index is 9.68. The molecule has 1 unspecified atom stereocenters. The fourth-order valence-corrected chi connectivity index (χ4v) is 4.70. The van der Waals surface area contributed by atoms with Crippen LogP contribution in [0.1, 0.15) is 22.3 Å². The fourth-order valence-electron chi connectivity index (χ4n) is 4.70. The molecule has 1 atom stereocenters. The Morgan fingerprint density at radius 1 is 1.21 bits per heavy atom. The van der Waals surface area contributed by atoms with Crippen LogP contribution in [0.25, 0.3) is 11.1 Å². The van der Waals surface area contributed by atoms with Gasteiger partial charge in [0.15, 0.2) is 0 Å². The maximum atomic E-state index is 9.68. The molecule has 1 fully saturated rings. The number of rotatable bonds is 3. The third-order valence-electron chi connectivity index (χ3n) is 6.40. The molecule has 2 aliphatic rings. The van der Waals surface area contributed by atoms with E-state index in [1.165, 1.54) is 6.33 Å². The summed E-state index contributed by atoms with van der Waals surface area (Å²) in [5, 5.41) is 13.8. The molecule has 3 aromatic rings. The van der Waals surface area contributed by atoms with E-state index in [1.807, 2.05) is 31.2 Å². The van der Waals surface area contributed by atoms with Crippen LogP contribution in [0.15, 0.2) is 54.2 Å². The number of hydrogen-bond acceptors (Lipinski definition) is 8. The fraction of sp³-hybridized carbons (Fsp3) is 0.280. The molecule has 166 valence electrons. The zero-order valence-corrected chi connectivity index (χ0v) is 18.7. The van der Waals surface area contributed by atoms with Gasteiger partial charge in [0.1, 0.15) is 18.7 Å². The second-order valence-electron chi connectivity index (χ2n) is 8.53. The molecule has 1 saturated heterocycles. The summed E-state index contributed by atoms with van der Waals surface area (Å²) in [7, 11) is 2.15. The first kappa shape index (κ1) is 20.9. The van der Waals surface area contributed by atoms with Crippen molar-refractivity contribution in [3.05, 3.63) is 71.3 Å². The Morgan fingerprint density at radius 3 is 2.79 bits per heavy atom. The van der Waals surface area contributed by atoms with Gasteiger partial charge >= 0.3 is 0 Å². The van der Waals surface area contributed by atoms with Crippen molar-refractivity contribution < 1.29 is 4.74 Å². The van der Waals surface area contributed by atoms with Crippen LogP contribution < -0.4 is 15.5 Å². The molecule has 0 aliphatic carbocycles. The topological polar surface area (TPSA) is 104 Å². The number of benzene rings is 2. The quantitative estimate of drug-likeness (QED) is 0.380. The molecule has 0 radical (unpaired) electrons. The molecular weight excluding hydrogens is 414 g/mol. The first-order chi connectivity index (χ1) is 16.1. The van der Waals surface area contributed by atoms with Gasteiger partial charge in [0.05, 0.1) is 29.1 Å². The van der Waals surface area contributed by atoms with Gasteiger partial charge in [0, 0.05) is 54.3 Å². The largest absolute Gasteiger partial charge is 0.489 e. The summed E-state index contributed by atoms with van der Waals surface area (Å²) in [4.78, 5) is 13.0. The summed E-state index contributed by atoms with van der Waals surface area (Å²) in [5.41, 5.74) is 6.44. The number of aromatic nitrogens is 2. The van der Waals surface area contributed by atoms with Gasteiger partial charge in [-0.15, -0.1) is 0 Å². The van der Waals surface area contributed by atoms with Gasteiger partial charge in [-0.2, -0.15) is 10.4 Å². The van der Waals surface area contributed by atoms with E-state index in [4.69, 9.17) is 10.6 Å². The molecule has 0 amide bonds. The van der Waals surface area contributed by atoms with Gasteiger partial charge in [0.25, 0.3) is 0 Å². The summed E-state index contributed by atoms with van der Waals surface area (Å²) >= 11 is 0. The highest BCUT2D eigenvalue weighted by Crippen LogP contribution is 2.37. The molecule has 2 aromatic carbocycles. The monoisotopic (exact) mass is 439 g/mol. The Morgan fingerprint density at radius 2 is 2.03 bits per heavy atom. The highest BCUT2D eigenvalue weighted by atomic mass is 16.5. The van der Waals surface area contributed by atoms with E-state index in [0.29, 0.717) is 23.9 Å². The summed E-state index contributed by atoms with van der Waals surface area (Å²) < 4.78 is 6.15. The molecule has 5 rings (SSSR count). The normalized spacial score (nSPS) is 18.2. The number of hydrazone groups is 1. The Bertz CT molecular complexity index is 1270. The first-order valence-corrected chi connectivity index (χ1v) is 10.9. The lowest BCUT2D eigenvalue weighted by Gasteiger charge is -2.44. The van der Waals surface area contributed by atoms with Gasteiger partial charge < -0.3 is 20.4 Å². The Kier molecular flexibility index (Phi) is 5.40. The van der Waals surface area contributed by atoms with E-state index in [1.54, 1.807) is 12.4 Å². The lowest BCUT2D eigenvalue weighted by molar-refractivity contribution is 0.188. The van der Waals surface area contributed by atoms with Crippen molar-refractivity contribution in [3.8, 4) is 22.9 Å². The van der Waals surface area contributed by atoms with Crippen LogP contribution in [0.2, 0.25) is 0 Å². The molecule has 2 N–H and O–H groups in total. The molecule has 8 heteroatoms. The lowest BCUT2D eigenvalue weighted by Crippen LogP contribution is -2.56. The average Bonchev–Trinajstić information content (AvgIpc) is 2.85. The van der Waals surface area contributed by atoms with Crippen LogP contribution in [0.5, 0.6) is 5.75 Å². The lowest BCUT2D eigenvalue weighted by atomic mass is 9.91. The average molecular weight is 440 g/mol. The minimum atomic E-state index is 0.362. The number of nitriles is 1. The number of fused-ring (bicyclic) bond motifs is 3. The Balaban J connectivity index is 1.55. The van der Waals surface area contributed by atoms with E-state index >= 15 is 0 Å². The van der Waals surface area contributed by atoms with Crippen LogP contribution >= 0.6 is 0 Å². The third-order valence-corrected chi connectivity index (χ3v) is 6.40. The Hall–Kier alpha value is -3.96. The molecule has 8 nitrogen and oxygen atoms in total. The van der Waals surface area contributed by atoms with Gasteiger partial charge in [-0.25, -0.2) is 9.97 Å². The highest BCUT2D eigenvalue weighted by molar-refractivity contribution is 6.14. The van der Waals surface area contributed by atoms with Crippen LogP contribution in [-0.2, 0) is 0 Å². The van der Waals surface area contributed by atoms with Crippen molar-refractivity contribution in [1.29, 1.82) is 5.26 Å². The number of anilines is 1. The number of aryl methyl sites for hydroxylation is 1. The number of nitrogens with zero attached hydrogens (tertiary/aromatic N) is 6. The van der Waals surface area contributed by atoms with Gasteiger partial charge in [-0.1, -0.05) is 6.07 Å². The van der Waals surface area contributed by atoms with Crippen molar-refractivity contribution >= 4 is 11.4 Å². The number of nitrogens with two attached hydrogens (primary N) is 1. The Labute approximate surface area is 192 Å². The summed E-state index contributed by atoms with van der Waals surface area (Å²) in [6.45, 7) is 5.61. The molecule has 3 heterocycles. The minimum Gasteiger partial charge on any atom is -0.489 e. The summed E-state index contributed by atoms with van der Waals surface area (Å²) in [6.07, 6.45) is 4.86. The van der Waals surface area contributed by atoms with Crippen LogP contribution in [0, 0.1) is 18.3 Å². The smallest absolute Gasteiger partial charge is 0.143 e. The summed E-state index contributed by atoms with van der Waals surface area (Å²) in [5.74, 6) is 6.75.